The zero-order valence-corrected chi connectivity index (χ0v) is 11.4. The summed E-state index contributed by atoms with van der Waals surface area (Å²) in [4.78, 5) is 12.4. The van der Waals surface area contributed by atoms with Gasteiger partial charge in [0.25, 0.3) is 0 Å². The number of anilines is 2. The monoisotopic (exact) mass is 268 g/mol. The number of ether oxygens (including phenoxy) is 2. The molecule has 106 valence electrons. The van der Waals surface area contributed by atoms with E-state index in [4.69, 9.17) is 15.3 Å². The van der Waals surface area contributed by atoms with Crippen molar-refractivity contribution in [1.29, 1.82) is 0 Å². The molecule has 0 bridgehead atoms. The first-order valence-electron chi connectivity index (χ1n) is 6.36. The van der Waals surface area contributed by atoms with Crippen LogP contribution in [0.25, 0.3) is 0 Å². The molecule has 2 heterocycles. The van der Waals surface area contributed by atoms with Gasteiger partial charge in [-0.15, -0.1) is 0 Å². The minimum atomic E-state index is -0.0189. The summed E-state index contributed by atoms with van der Waals surface area (Å²) in [5.41, 5.74) is 2.40. The molecule has 1 saturated heterocycles. The molecule has 1 aliphatic heterocycles. The molecule has 19 heavy (non-hydrogen) atoms. The summed E-state index contributed by atoms with van der Waals surface area (Å²) in [6, 6.07) is 0.423. The molecule has 4 N–H and O–H groups in total. The Kier molecular flexibility index (Phi) is 4.33. The van der Waals surface area contributed by atoms with Crippen molar-refractivity contribution in [1.82, 2.24) is 15.0 Å². The minimum Gasteiger partial charge on any atom is -0.461 e. The maximum atomic E-state index is 5.48. The summed E-state index contributed by atoms with van der Waals surface area (Å²) >= 11 is 0. The van der Waals surface area contributed by atoms with Gasteiger partial charge >= 0.3 is 6.01 Å². The van der Waals surface area contributed by atoms with Gasteiger partial charge in [0.1, 0.15) is 0 Å². The minimum absolute atomic E-state index is 0.0189. The van der Waals surface area contributed by atoms with Gasteiger partial charge < -0.3 is 14.8 Å². The fourth-order valence-corrected chi connectivity index (χ4v) is 1.84. The van der Waals surface area contributed by atoms with Gasteiger partial charge in [-0.25, -0.2) is 5.84 Å². The van der Waals surface area contributed by atoms with Crippen LogP contribution in [0.15, 0.2) is 0 Å². The van der Waals surface area contributed by atoms with Crippen LogP contribution < -0.4 is 21.3 Å². The van der Waals surface area contributed by atoms with Crippen LogP contribution in [0.2, 0.25) is 0 Å². The van der Waals surface area contributed by atoms with E-state index in [1.54, 1.807) is 0 Å². The lowest BCUT2D eigenvalue weighted by molar-refractivity contribution is 0.121. The van der Waals surface area contributed by atoms with Crippen LogP contribution in [0.4, 0.5) is 11.9 Å². The average molecular weight is 268 g/mol. The molecule has 0 aromatic carbocycles. The van der Waals surface area contributed by atoms with Crippen molar-refractivity contribution in [3.05, 3.63) is 0 Å². The molecule has 1 aromatic rings. The molecule has 2 atom stereocenters. The molecule has 2 unspecified atom stereocenters. The van der Waals surface area contributed by atoms with Crippen LogP contribution in [0.3, 0.4) is 0 Å². The molecule has 1 aromatic heterocycles. The van der Waals surface area contributed by atoms with Crippen molar-refractivity contribution in [3.8, 4) is 6.01 Å². The van der Waals surface area contributed by atoms with E-state index in [2.05, 4.69) is 25.7 Å². The highest BCUT2D eigenvalue weighted by Gasteiger charge is 2.25. The summed E-state index contributed by atoms with van der Waals surface area (Å²) in [6.07, 6.45) is 1.02. The highest BCUT2D eigenvalue weighted by atomic mass is 16.5. The molecule has 1 aliphatic rings. The Hall–Kier alpha value is -1.67. The first-order valence-corrected chi connectivity index (χ1v) is 6.36. The SMILES string of the molecule is CC(C)Oc1nc(NN)nc(NC2CCOC2C)n1. The maximum absolute atomic E-state index is 5.48. The number of rotatable bonds is 5. The van der Waals surface area contributed by atoms with Gasteiger partial charge in [0.15, 0.2) is 0 Å². The Morgan fingerprint density at radius 2 is 2.05 bits per heavy atom. The predicted molar refractivity (Wildman–Crippen MR) is 70.8 cm³/mol. The van der Waals surface area contributed by atoms with E-state index in [9.17, 15) is 0 Å². The second kappa shape index (κ2) is 5.98. The third kappa shape index (κ3) is 3.65. The molecular formula is C11H20N6O2. The third-order valence-corrected chi connectivity index (χ3v) is 2.78. The molecule has 2 rings (SSSR count). The normalized spacial score (nSPS) is 22.6. The zero-order valence-electron chi connectivity index (χ0n) is 11.4. The number of nitrogens with zero attached hydrogens (tertiary/aromatic N) is 3. The zero-order chi connectivity index (χ0) is 13.8. The number of aromatic nitrogens is 3. The topological polar surface area (TPSA) is 107 Å². The third-order valence-electron chi connectivity index (χ3n) is 2.78. The van der Waals surface area contributed by atoms with E-state index < -0.39 is 0 Å². The Bertz CT molecular complexity index is 428. The average Bonchev–Trinajstić information content (AvgIpc) is 2.74. The molecular weight excluding hydrogens is 248 g/mol. The van der Waals surface area contributed by atoms with Gasteiger partial charge in [0.05, 0.1) is 18.2 Å². The number of nitrogens with two attached hydrogens (primary N) is 1. The standard InChI is InChI=1S/C11H20N6O2/c1-6(2)19-11-15-9(14-10(16-11)17-12)13-8-4-5-18-7(8)3/h6-8H,4-5,12H2,1-3H3,(H2,13,14,15,16,17). The fourth-order valence-electron chi connectivity index (χ4n) is 1.84. The van der Waals surface area contributed by atoms with E-state index in [1.165, 1.54) is 0 Å². The molecule has 0 spiro atoms. The number of nitrogen functional groups attached to an aromatic ring is 1. The predicted octanol–water partition coefficient (Wildman–Crippen LogP) is 0.534. The summed E-state index contributed by atoms with van der Waals surface area (Å²) in [7, 11) is 0. The van der Waals surface area contributed by atoms with Crippen molar-refractivity contribution in [2.24, 2.45) is 5.84 Å². The van der Waals surface area contributed by atoms with Crippen LogP contribution in [-0.2, 0) is 4.74 Å². The largest absolute Gasteiger partial charge is 0.461 e. The summed E-state index contributed by atoms with van der Waals surface area (Å²) in [5, 5.41) is 3.22. The highest BCUT2D eigenvalue weighted by molar-refractivity contribution is 5.36. The summed E-state index contributed by atoms with van der Waals surface area (Å²) in [5.74, 6) is 6.04. The van der Waals surface area contributed by atoms with Crippen LogP contribution in [0, 0.1) is 0 Å². The van der Waals surface area contributed by atoms with Crippen molar-refractivity contribution < 1.29 is 9.47 Å². The van der Waals surface area contributed by atoms with Crippen LogP contribution in [0.1, 0.15) is 27.2 Å². The van der Waals surface area contributed by atoms with E-state index in [-0.39, 0.29) is 30.2 Å². The number of nitrogens with one attached hydrogen (secondary N) is 2. The maximum Gasteiger partial charge on any atom is 0.323 e. The lowest BCUT2D eigenvalue weighted by atomic mass is 10.2. The summed E-state index contributed by atoms with van der Waals surface area (Å²) < 4.78 is 10.9. The second-order valence-corrected chi connectivity index (χ2v) is 4.69. The Labute approximate surface area is 112 Å². The molecule has 0 radical (unpaired) electrons. The first-order chi connectivity index (χ1) is 9.08. The first kappa shape index (κ1) is 13.8. The smallest absolute Gasteiger partial charge is 0.323 e. The molecule has 0 amide bonds. The van der Waals surface area contributed by atoms with Crippen LogP contribution >= 0.6 is 0 Å². The molecule has 8 heteroatoms. The van der Waals surface area contributed by atoms with Crippen molar-refractivity contribution >= 4 is 11.9 Å². The van der Waals surface area contributed by atoms with E-state index in [0.717, 1.165) is 13.0 Å². The number of hydrazine groups is 1. The van der Waals surface area contributed by atoms with Crippen molar-refractivity contribution in [3.63, 3.8) is 0 Å². The van der Waals surface area contributed by atoms with Gasteiger partial charge in [0.2, 0.25) is 11.9 Å². The molecule has 1 fully saturated rings. The molecule has 0 saturated carbocycles. The highest BCUT2D eigenvalue weighted by Crippen LogP contribution is 2.18. The molecule has 0 aliphatic carbocycles. The van der Waals surface area contributed by atoms with Crippen LogP contribution in [-0.4, -0.2) is 39.8 Å². The van der Waals surface area contributed by atoms with Gasteiger partial charge in [-0.3, -0.25) is 5.43 Å². The quantitative estimate of drug-likeness (QED) is 0.524. The Balaban J connectivity index is 2.14. The Morgan fingerprint density at radius 3 is 2.63 bits per heavy atom. The second-order valence-electron chi connectivity index (χ2n) is 4.69. The lowest BCUT2D eigenvalue weighted by Crippen LogP contribution is -2.28. The van der Waals surface area contributed by atoms with E-state index in [0.29, 0.717) is 5.95 Å². The van der Waals surface area contributed by atoms with E-state index >= 15 is 0 Å². The Morgan fingerprint density at radius 1 is 1.32 bits per heavy atom. The van der Waals surface area contributed by atoms with E-state index in [1.807, 2.05) is 20.8 Å². The van der Waals surface area contributed by atoms with Crippen LogP contribution in [0.5, 0.6) is 6.01 Å². The van der Waals surface area contributed by atoms with Gasteiger partial charge in [0, 0.05) is 6.61 Å². The van der Waals surface area contributed by atoms with Crippen molar-refractivity contribution in [2.45, 2.75) is 45.4 Å². The number of hydrogen-bond acceptors (Lipinski definition) is 8. The lowest BCUT2D eigenvalue weighted by Gasteiger charge is -2.17. The molecule has 8 nitrogen and oxygen atoms in total. The van der Waals surface area contributed by atoms with Crippen molar-refractivity contribution in [2.75, 3.05) is 17.3 Å². The summed E-state index contributed by atoms with van der Waals surface area (Å²) in [6.45, 7) is 6.55. The number of hydrogen-bond donors (Lipinski definition) is 3. The van der Waals surface area contributed by atoms with Gasteiger partial charge in [-0.1, -0.05) is 0 Å². The van der Waals surface area contributed by atoms with Gasteiger partial charge in [-0.05, 0) is 27.2 Å². The van der Waals surface area contributed by atoms with Gasteiger partial charge in [-0.2, -0.15) is 15.0 Å². The fraction of sp³-hybridized carbons (Fsp3) is 0.727.